The molecule has 1 fully saturated rings. The summed E-state index contributed by atoms with van der Waals surface area (Å²) in [6.07, 6.45) is -3.00. The van der Waals surface area contributed by atoms with E-state index in [1.807, 2.05) is 91.0 Å². The first kappa shape index (κ1) is 23.6. The molecular formula is C27H31NO5. The zero-order valence-electron chi connectivity index (χ0n) is 18.5. The lowest BCUT2D eigenvalue weighted by Crippen LogP contribution is -2.63. The fourth-order valence-electron chi connectivity index (χ4n) is 3.87. The largest absolute Gasteiger partial charge is 0.374 e. The number of aliphatic hydroxyl groups is 1. The SMILES string of the molecule is NC1C(COCc2ccccc2)OC(O)C(OCc2ccccc2)C1OCc1ccccc1. The predicted molar refractivity (Wildman–Crippen MR) is 125 cm³/mol. The second kappa shape index (κ2) is 12.0. The Bertz CT molecular complexity index is 941. The second-order valence-electron chi connectivity index (χ2n) is 8.17. The maximum atomic E-state index is 10.8. The van der Waals surface area contributed by atoms with E-state index >= 15 is 0 Å². The Morgan fingerprint density at radius 1 is 0.667 bits per heavy atom. The molecule has 3 aromatic carbocycles. The molecule has 5 unspecified atom stereocenters. The molecule has 3 aromatic rings. The number of ether oxygens (including phenoxy) is 4. The predicted octanol–water partition coefficient (Wildman–Crippen LogP) is 3.42. The minimum atomic E-state index is -1.18. The van der Waals surface area contributed by atoms with Crippen molar-refractivity contribution >= 4 is 0 Å². The summed E-state index contributed by atoms with van der Waals surface area (Å²) in [4.78, 5) is 0. The van der Waals surface area contributed by atoms with Crippen LogP contribution in [0.25, 0.3) is 0 Å². The summed E-state index contributed by atoms with van der Waals surface area (Å²) in [6.45, 7) is 1.35. The minimum Gasteiger partial charge on any atom is -0.374 e. The van der Waals surface area contributed by atoms with E-state index in [0.29, 0.717) is 19.8 Å². The lowest BCUT2D eigenvalue weighted by molar-refractivity contribution is -0.283. The van der Waals surface area contributed by atoms with Crippen LogP contribution >= 0.6 is 0 Å². The van der Waals surface area contributed by atoms with E-state index in [9.17, 15) is 5.11 Å². The van der Waals surface area contributed by atoms with Crippen LogP contribution in [0, 0.1) is 0 Å². The highest BCUT2D eigenvalue weighted by Gasteiger charge is 2.45. The summed E-state index contributed by atoms with van der Waals surface area (Å²) in [6, 6.07) is 29.0. The Kier molecular flexibility index (Phi) is 8.60. The van der Waals surface area contributed by atoms with Crippen molar-refractivity contribution in [1.82, 2.24) is 0 Å². The van der Waals surface area contributed by atoms with Gasteiger partial charge in [-0.2, -0.15) is 0 Å². The molecule has 3 N–H and O–H groups in total. The molecule has 0 spiro atoms. The van der Waals surface area contributed by atoms with Crippen LogP contribution in [0.2, 0.25) is 0 Å². The molecule has 0 radical (unpaired) electrons. The molecule has 4 rings (SSSR count). The van der Waals surface area contributed by atoms with E-state index in [4.69, 9.17) is 24.7 Å². The Labute approximate surface area is 194 Å². The van der Waals surface area contributed by atoms with Crippen LogP contribution in [0.15, 0.2) is 91.0 Å². The van der Waals surface area contributed by atoms with Gasteiger partial charge in [0.05, 0.1) is 32.5 Å². The van der Waals surface area contributed by atoms with Gasteiger partial charge >= 0.3 is 0 Å². The van der Waals surface area contributed by atoms with E-state index in [1.165, 1.54) is 0 Å². The summed E-state index contributed by atoms with van der Waals surface area (Å²) >= 11 is 0. The van der Waals surface area contributed by atoms with Crippen LogP contribution in [-0.2, 0) is 38.8 Å². The van der Waals surface area contributed by atoms with Crippen molar-refractivity contribution in [3.63, 3.8) is 0 Å². The third-order valence-corrected chi connectivity index (χ3v) is 5.69. The second-order valence-corrected chi connectivity index (χ2v) is 8.17. The van der Waals surface area contributed by atoms with Crippen molar-refractivity contribution in [3.8, 4) is 0 Å². The standard InChI is InChI=1S/C27H31NO5/c28-24-23(19-30-16-20-10-4-1-5-11-20)33-27(29)26(32-18-22-14-8-3-9-15-22)25(24)31-17-21-12-6-2-7-13-21/h1-15,23-27,29H,16-19,28H2. The first-order valence-corrected chi connectivity index (χ1v) is 11.2. The average molecular weight is 450 g/mol. The van der Waals surface area contributed by atoms with E-state index in [0.717, 1.165) is 16.7 Å². The molecule has 6 nitrogen and oxygen atoms in total. The minimum absolute atomic E-state index is 0.240. The van der Waals surface area contributed by atoms with Crippen molar-refractivity contribution in [2.24, 2.45) is 5.73 Å². The molecular weight excluding hydrogens is 418 g/mol. The van der Waals surface area contributed by atoms with Gasteiger partial charge < -0.3 is 29.8 Å². The van der Waals surface area contributed by atoms with Crippen LogP contribution in [0.3, 0.4) is 0 Å². The third-order valence-electron chi connectivity index (χ3n) is 5.69. The first-order chi connectivity index (χ1) is 16.2. The molecule has 1 aliphatic rings. The Balaban J connectivity index is 1.41. The van der Waals surface area contributed by atoms with Crippen molar-refractivity contribution in [3.05, 3.63) is 108 Å². The van der Waals surface area contributed by atoms with E-state index in [-0.39, 0.29) is 6.61 Å². The number of rotatable bonds is 10. The number of aliphatic hydroxyl groups excluding tert-OH is 1. The highest BCUT2D eigenvalue weighted by molar-refractivity contribution is 5.15. The molecule has 0 aromatic heterocycles. The summed E-state index contributed by atoms with van der Waals surface area (Å²) in [5, 5.41) is 10.8. The summed E-state index contributed by atoms with van der Waals surface area (Å²) in [7, 11) is 0. The summed E-state index contributed by atoms with van der Waals surface area (Å²) in [5.74, 6) is 0. The van der Waals surface area contributed by atoms with Gasteiger partial charge in [-0.15, -0.1) is 0 Å². The lowest BCUT2D eigenvalue weighted by Gasteiger charge is -2.43. The fraction of sp³-hybridized carbons (Fsp3) is 0.333. The molecule has 0 bridgehead atoms. The average Bonchev–Trinajstić information content (AvgIpc) is 2.86. The van der Waals surface area contributed by atoms with Crippen LogP contribution in [-0.4, -0.2) is 42.4 Å². The van der Waals surface area contributed by atoms with Gasteiger partial charge in [0.1, 0.15) is 18.3 Å². The van der Waals surface area contributed by atoms with Gasteiger partial charge in [0.2, 0.25) is 0 Å². The van der Waals surface area contributed by atoms with Crippen molar-refractivity contribution in [2.75, 3.05) is 6.61 Å². The topological polar surface area (TPSA) is 83.2 Å². The molecule has 33 heavy (non-hydrogen) atoms. The van der Waals surface area contributed by atoms with Crippen LogP contribution in [0.4, 0.5) is 0 Å². The van der Waals surface area contributed by atoms with Gasteiger partial charge in [-0.25, -0.2) is 0 Å². The van der Waals surface area contributed by atoms with Gasteiger partial charge in [0, 0.05) is 0 Å². The highest BCUT2D eigenvalue weighted by Crippen LogP contribution is 2.26. The molecule has 1 aliphatic heterocycles. The van der Waals surface area contributed by atoms with Crippen LogP contribution < -0.4 is 5.73 Å². The molecule has 0 aliphatic carbocycles. The molecule has 0 amide bonds. The zero-order valence-corrected chi connectivity index (χ0v) is 18.5. The Morgan fingerprint density at radius 2 is 1.12 bits per heavy atom. The van der Waals surface area contributed by atoms with Crippen molar-refractivity contribution in [1.29, 1.82) is 0 Å². The quantitative estimate of drug-likeness (QED) is 0.494. The van der Waals surface area contributed by atoms with Gasteiger partial charge in [0.15, 0.2) is 6.29 Å². The lowest BCUT2D eigenvalue weighted by atomic mass is 9.96. The Morgan fingerprint density at radius 3 is 1.64 bits per heavy atom. The number of nitrogens with two attached hydrogens (primary N) is 1. The molecule has 0 saturated carbocycles. The van der Waals surface area contributed by atoms with E-state index in [2.05, 4.69) is 0 Å². The summed E-state index contributed by atoms with van der Waals surface area (Å²) in [5.41, 5.74) is 9.64. The summed E-state index contributed by atoms with van der Waals surface area (Å²) < 4.78 is 23.9. The third kappa shape index (κ3) is 6.71. The van der Waals surface area contributed by atoms with Crippen LogP contribution in [0.5, 0.6) is 0 Å². The first-order valence-electron chi connectivity index (χ1n) is 11.2. The highest BCUT2D eigenvalue weighted by atomic mass is 16.7. The molecule has 1 heterocycles. The Hall–Kier alpha value is -2.58. The normalized spacial score (nSPS) is 25.1. The maximum absolute atomic E-state index is 10.8. The van der Waals surface area contributed by atoms with Gasteiger partial charge in [-0.05, 0) is 16.7 Å². The van der Waals surface area contributed by atoms with Crippen molar-refractivity contribution < 1.29 is 24.1 Å². The van der Waals surface area contributed by atoms with Crippen LogP contribution in [0.1, 0.15) is 16.7 Å². The molecule has 174 valence electrons. The molecule has 6 heteroatoms. The number of hydrogen-bond donors (Lipinski definition) is 2. The number of benzene rings is 3. The van der Waals surface area contributed by atoms with Gasteiger partial charge in [-0.1, -0.05) is 91.0 Å². The smallest absolute Gasteiger partial charge is 0.184 e. The fourth-order valence-corrected chi connectivity index (χ4v) is 3.87. The van der Waals surface area contributed by atoms with Gasteiger partial charge in [-0.3, -0.25) is 0 Å². The maximum Gasteiger partial charge on any atom is 0.184 e. The zero-order chi connectivity index (χ0) is 22.9. The van der Waals surface area contributed by atoms with Crippen molar-refractivity contribution in [2.45, 2.75) is 50.5 Å². The van der Waals surface area contributed by atoms with Gasteiger partial charge in [0.25, 0.3) is 0 Å². The van der Waals surface area contributed by atoms with E-state index in [1.54, 1.807) is 0 Å². The molecule has 5 atom stereocenters. The molecule has 1 saturated heterocycles. The van der Waals surface area contributed by atoms with E-state index < -0.39 is 30.6 Å². The number of hydrogen-bond acceptors (Lipinski definition) is 6. The monoisotopic (exact) mass is 449 g/mol.